The molecule has 0 aliphatic heterocycles. The van der Waals surface area contributed by atoms with Crippen LogP contribution in [-0.4, -0.2) is 9.13 Å². The summed E-state index contributed by atoms with van der Waals surface area (Å²) in [6.07, 6.45) is 0. The monoisotopic (exact) mass is 1000 g/mol. The summed E-state index contributed by atoms with van der Waals surface area (Å²) in [6.45, 7) is 0. The van der Waals surface area contributed by atoms with E-state index in [9.17, 15) is 0 Å². The molecule has 366 valence electrons. The van der Waals surface area contributed by atoms with Crippen LogP contribution in [0.15, 0.2) is 283 Å². The van der Waals surface area contributed by atoms with Crippen molar-refractivity contribution in [2.45, 2.75) is 0 Å². The Morgan fingerprint density at radius 2 is 0.570 bits per heavy atom. The molecule has 0 aliphatic carbocycles. The number of fused-ring (bicyclic) bond motifs is 13. The van der Waals surface area contributed by atoms with Gasteiger partial charge in [0.05, 0.1) is 22.1 Å². The quantitative estimate of drug-likeness (QED) is 0.152. The van der Waals surface area contributed by atoms with Crippen molar-refractivity contribution in [3.05, 3.63) is 279 Å². The standard InChI is InChI=1S/C76H46N2O/c1-3-21-49(22-4-1)77-66-38-17-15-25-51(66)53-43-41-47(45-68(53)77)71-55-27-7-11-31-59(55)73(60-32-12-8-28-56(60)71)63-35-20-40-70-75(63)65-37-19-36-64(76(65)79-70)74-61-33-13-9-29-57(61)72(58-30-10-14-34-62(58)74)48-42-44-54-52-26-16-18-39-67(52)78(69(54)46-48)50-23-5-2-6-24-50/h1-46H. The van der Waals surface area contributed by atoms with Gasteiger partial charge in [0.15, 0.2) is 0 Å². The molecule has 0 amide bonds. The molecule has 0 saturated heterocycles. The molecule has 17 rings (SSSR count). The van der Waals surface area contributed by atoms with Gasteiger partial charge in [-0.05, 0) is 131 Å². The molecular weight excluding hydrogens is 957 g/mol. The van der Waals surface area contributed by atoms with Gasteiger partial charge in [-0.25, -0.2) is 0 Å². The third-order valence-electron chi connectivity index (χ3n) is 16.9. The first-order valence-electron chi connectivity index (χ1n) is 27.2. The van der Waals surface area contributed by atoms with Crippen LogP contribution < -0.4 is 0 Å². The normalized spacial score (nSPS) is 12.1. The summed E-state index contributed by atoms with van der Waals surface area (Å²) < 4.78 is 12.1. The zero-order chi connectivity index (χ0) is 51.7. The highest BCUT2D eigenvalue weighted by Crippen LogP contribution is 2.51. The van der Waals surface area contributed by atoms with Crippen molar-refractivity contribution in [2.75, 3.05) is 0 Å². The van der Waals surface area contributed by atoms with E-state index in [1.807, 2.05) is 0 Å². The third-order valence-corrected chi connectivity index (χ3v) is 16.9. The van der Waals surface area contributed by atoms with Gasteiger partial charge in [-0.2, -0.15) is 0 Å². The highest BCUT2D eigenvalue weighted by Gasteiger charge is 2.25. The smallest absolute Gasteiger partial charge is 0.143 e. The van der Waals surface area contributed by atoms with E-state index in [2.05, 4.69) is 288 Å². The summed E-state index contributed by atoms with van der Waals surface area (Å²) in [5.41, 5.74) is 18.2. The fourth-order valence-electron chi connectivity index (χ4n) is 13.7. The van der Waals surface area contributed by atoms with Gasteiger partial charge in [0.2, 0.25) is 0 Å². The lowest BCUT2D eigenvalue weighted by Gasteiger charge is -2.19. The first-order chi connectivity index (χ1) is 39.2. The van der Waals surface area contributed by atoms with E-state index in [1.165, 1.54) is 120 Å². The Hall–Kier alpha value is -10.5. The van der Waals surface area contributed by atoms with E-state index in [4.69, 9.17) is 4.42 Å². The van der Waals surface area contributed by atoms with Gasteiger partial charge in [0, 0.05) is 54.8 Å². The maximum absolute atomic E-state index is 7.27. The molecule has 79 heavy (non-hydrogen) atoms. The van der Waals surface area contributed by atoms with Crippen LogP contribution in [0, 0.1) is 0 Å². The van der Waals surface area contributed by atoms with E-state index >= 15 is 0 Å². The summed E-state index contributed by atoms with van der Waals surface area (Å²) in [5.74, 6) is 0. The number of rotatable bonds is 6. The molecule has 0 fully saturated rings. The molecule has 3 heterocycles. The van der Waals surface area contributed by atoms with Crippen LogP contribution in [0.2, 0.25) is 0 Å². The number of aromatic nitrogens is 2. The summed E-state index contributed by atoms with van der Waals surface area (Å²) in [5, 5.41) is 16.8. The Bertz CT molecular complexity index is 5250. The molecule has 0 aliphatic rings. The van der Waals surface area contributed by atoms with Crippen LogP contribution >= 0.6 is 0 Å². The minimum atomic E-state index is 0.865. The van der Waals surface area contributed by atoms with E-state index < -0.39 is 0 Å². The van der Waals surface area contributed by atoms with Crippen LogP contribution in [-0.2, 0) is 0 Å². The van der Waals surface area contributed by atoms with Crippen LogP contribution in [0.25, 0.3) is 165 Å². The maximum Gasteiger partial charge on any atom is 0.143 e. The Morgan fingerprint density at radius 1 is 0.228 bits per heavy atom. The SMILES string of the molecule is c1ccc(-n2c3ccccc3c3ccc(-c4c5ccccc5c(-c5cccc6c5oc5cccc(-c7c8ccccc8c(-c8ccc9c%10ccccc%10n(-c%10ccccc%10)c9c8)c8ccccc78)c56)c5ccccc45)cc32)cc1. The Morgan fingerprint density at radius 3 is 1.03 bits per heavy atom. The van der Waals surface area contributed by atoms with Crippen molar-refractivity contribution in [3.63, 3.8) is 0 Å². The molecule has 0 radical (unpaired) electrons. The number of benzene rings is 14. The predicted molar refractivity (Wildman–Crippen MR) is 334 cm³/mol. The summed E-state index contributed by atoms with van der Waals surface area (Å²) in [4.78, 5) is 0. The van der Waals surface area contributed by atoms with Gasteiger partial charge in [-0.3, -0.25) is 0 Å². The molecular formula is C76H46N2O. The lowest BCUT2D eigenvalue weighted by molar-refractivity contribution is 0.670. The van der Waals surface area contributed by atoms with Crippen molar-refractivity contribution in [1.82, 2.24) is 9.13 Å². The van der Waals surface area contributed by atoms with Gasteiger partial charge in [0.25, 0.3) is 0 Å². The number of nitrogens with zero attached hydrogens (tertiary/aromatic N) is 2. The van der Waals surface area contributed by atoms with Crippen LogP contribution in [0.1, 0.15) is 0 Å². The maximum atomic E-state index is 7.27. The fourth-order valence-corrected chi connectivity index (χ4v) is 13.7. The molecule has 3 heteroatoms. The van der Waals surface area contributed by atoms with E-state index in [1.54, 1.807) is 0 Å². The molecule has 0 unspecified atom stereocenters. The Kier molecular flexibility index (Phi) is 9.42. The second-order valence-electron chi connectivity index (χ2n) is 21.0. The minimum Gasteiger partial charge on any atom is -0.455 e. The molecule has 14 aromatic carbocycles. The van der Waals surface area contributed by atoms with Crippen molar-refractivity contribution >= 4 is 109 Å². The van der Waals surface area contributed by atoms with Crippen molar-refractivity contribution in [3.8, 4) is 55.9 Å². The first-order valence-corrected chi connectivity index (χ1v) is 27.2. The Labute approximate surface area is 454 Å². The highest BCUT2D eigenvalue weighted by molar-refractivity contribution is 6.29. The number of furan rings is 1. The number of hydrogen-bond acceptors (Lipinski definition) is 1. The predicted octanol–water partition coefficient (Wildman–Crippen LogP) is 21.1. The molecule has 0 bridgehead atoms. The summed E-state index contributed by atoms with van der Waals surface area (Å²) in [6, 6.07) is 102. The molecule has 0 saturated carbocycles. The second-order valence-corrected chi connectivity index (χ2v) is 21.0. The zero-order valence-electron chi connectivity index (χ0n) is 42.9. The van der Waals surface area contributed by atoms with Crippen LogP contribution in [0.4, 0.5) is 0 Å². The fraction of sp³-hybridized carbons (Fsp3) is 0. The second kappa shape index (κ2) is 17.0. The van der Waals surface area contributed by atoms with Gasteiger partial charge >= 0.3 is 0 Å². The number of para-hydroxylation sites is 5. The molecule has 3 aromatic heterocycles. The van der Waals surface area contributed by atoms with Gasteiger partial charge < -0.3 is 13.6 Å². The average molecular weight is 1000 g/mol. The lowest BCUT2D eigenvalue weighted by atomic mass is 9.84. The molecule has 0 N–H and O–H groups in total. The summed E-state index contributed by atoms with van der Waals surface area (Å²) >= 11 is 0. The van der Waals surface area contributed by atoms with E-state index in [0.717, 1.165) is 44.4 Å². The molecule has 3 nitrogen and oxygen atoms in total. The third kappa shape index (κ3) is 6.36. The topological polar surface area (TPSA) is 23.0 Å². The van der Waals surface area contributed by atoms with Crippen molar-refractivity contribution in [1.29, 1.82) is 0 Å². The van der Waals surface area contributed by atoms with Gasteiger partial charge in [0.1, 0.15) is 11.2 Å². The Balaban J connectivity index is 0.882. The highest BCUT2D eigenvalue weighted by atomic mass is 16.3. The minimum absolute atomic E-state index is 0.865. The van der Waals surface area contributed by atoms with Gasteiger partial charge in [-0.1, -0.05) is 224 Å². The average Bonchev–Trinajstić information content (AvgIpc) is 4.31. The van der Waals surface area contributed by atoms with Crippen LogP contribution in [0.5, 0.6) is 0 Å². The van der Waals surface area contributed by atoms with Gasteiger partial charge in [-0.15, -0.1) is 0 Å². The lowest BCUT2D eigenvalue weighted by Crippen LogP contribution is -1.94. The van der Waals surface area contributed by atoms with E-state index in [-0.39, 0.29) is 0 Å². The van der Waals surface area contributed by atoms with Crippen molar-refractivity contribution in [2.24, 2.45) is 0 Å². The summed E-state index contributed by atoms with van der Waals surface area (Å²) in [7, 11) is 0. The molecule has 17 aromatic rings. The van der Waals surface area contributed by atoms with Crippen LogP contribution in [0.3, 0.4) is 0 Å². The van der Waals surface area contributed by atoms with Crippen molar-refractivity contribution < 1.29 is 4.42 Å². The zero-order valence-corrected chi connectivity index (χ0v) is 42.9. The van der Waals surface area contributed by atoms with E-state index in [0.29, 0.717) is 0 Å². The molecule has 0 spiro atoms. The number of hydrogen-bond donors (Lipinski definition) is 0. The largest absolute Gasteiger partial charge is 0.455 e. The molecule has 0 atom stereocenters. The first kappa shape index (κ1) is 43.7.